The molecule has 2 aromatic rings. The van der Waals surface area contributed by atoms with Crippen molar-refractivity contribution >= 4 is 0 Å². The highest BCUT2D eigenvalue weighted by molar-refractivity contribution is 5.57. The largest absolute Gasteiger partial charge is 0.337 e. The molecule has 1 aliphatic heterocycles. The van der Waals surface area contributed by atoms with Gasteiger partial charge in [-0.15, -0.1) is 0 Å². The van der Waals surface area contributed by atoms with E-state index in [4.69, 9.17) is 4.52 Å². The normalized spacial score (nSPS) is 19.7. The lowest BCUT2D eigenvalue weighted by atomic mass is 10.1. The molecular weight excluding hydrogens is 216 g/mol. The van der Waals surface area contributed by atoms with Crippen molar-refractivity contribution in [1.29, 1.82) is 0 Å². The predicted octanol–water partition coefficient (Wildman–Crippen LogP) is 1.86. The summed E-state index contributed by atoms with van der Waals surface area (Å²) in [7, 11) is 0. The third-order valence-corrected chi connectivity index (χ3v) is 3.06. The molecule has 3 rings (SSSR count). The number of aryl methyl sites for hydroxylation is 1. The Hall–Kier alpha value is -1.75. The maximum atomic E-state index is 5.31. The zero-order chi connectivity index (χ0) is 11.7. The van der Waals surface area contributed by atoms with Gasteiger partial charge in [-0.25, -0.2) is 0 Å². The Morgan fingerprint density at radius 3 is 3.18 bits per heavy atom. The van der Waals surface area contributed by atoms with E-state index in [0.717, 1.165) is 30.5 Å². The Morgan fingerprint density at radius 2 is 2.41 bits per heavy atom. The van der Waals surface area contributed by atoms with Crippen LogP contribution in [0.15, 0.2) is 23.0 Å². The number of nitrogens with zero attached hydrogens (tertiary/aromatic N) is 3. The molecule has 3 heterocycles. The average molecular weight is 230 g/mol. The zero-order valence-corrected chi connectivity index (χ0v) is 9.68. The Kier molecular flexibility index (Phi) is 2.60. The van der Waals surface area contributed by atoms with Gasteiger partial charge in [0.25, 0.3) is 0 Å². The molecule has 2 aromatic heterocycles. The van der Waals surface area contributed by atoms with Gasteiger partial charge in [-0.05, 0) is 37.9 Å². The molecule has 1 N–H and O–H groups in total. The molecular formula is C12H14N4O. The minimum atomic E-state index is 0.221. The molecule has 0 saturated carbocycles. The van der Waals surface area contributed by atoms with E-state index in [1.807, 2.05) is 13.0 Å². The van der Waals surface area contributed by atoms with Crippen LogP contribution in [0, 0.1) is 6.92 Å². The first-order valence-electron chi connectivity index (χ1n) is 5.82. The van der Waals surface area contributed by atoms with E-state index in [9.17, 15) is 0 Å². The van der Waals surface area contributed by atoms with Crippen LogP contribution in [-0.2, 0) is 0 Å². The van der Waals surface area contributed by atoms with Crippen LogP contribution in [-0.4, -0.2) is 21.7 Å². The van der Waals surface area contributed by atoms with Crippen molar-refractivity contribution in [3.8, 4) is 11.4 Å². The Bertz CT molecular complexity index is 517. The Balaban J connectivity index is 1.92. The van der Waals surface area contributed by atoms with Gasteiger partial charge in [0.1, 0.15) is 0 Å². The van der Waals surface area contributed by atoms with Gasteiger partial charge in [0.15, 0.2) is 0 Å². The third-order valence-electron chi connectivity index (χ3n) is 3.06. The molecule has 17 heavy (non-hydrogen) atoms. The fourth-order valence-corrected chi connectivity index (χ4v) is 2.11. The van der Waals surface area contributed by atoms with Crippen molar-refractivity contribution in [3.63, 3.8) is 0 Å². The molecule has 5 heteroatoms. The zero-order valence-electron chi connectivity index (χ0n) is 9.68. The van der Waals surface area contributed by atoms with Crippen LogP contribution in [0.4, 0.5) is 0 Å². The van der Waals surface area contributed by atoms with Crippen molar-refractivity contribution in [2.45, 2.75) is 25.8 Å². The van der Waals surface area contributed by atoms with E-state index in [0.29, 0.717) is 11.7 Å². The second kappa shape index (κ2) is 4.25. The van der Waals surface area contributed by atoms with Crippen molar-refractivity contribution in [2.24, 2.45) is 0 Å². The Morgan fingerprint density at radius 1 is 1.47 bits per heavy atom. The summed E-state index contributed by atoms with van der Waals surface area (Å²) in [4.78, 5) is 8.51. The number of hydrogen-bond acceptors (Lipinski definition) is 5. The lowest BCUT2D eigenvalue weighted by molar-refractivity contribution is 0.345. The summed E-state index contributed by atoms with van der Waals surface area (Å²) in [5, 5.41) is 7.38. The molecule has 0 spiro atoms. The van der Waals surface area contributed by atoms with Crippen molar-refractivity contribution in [2.75, 3.05) is 6.54 Å². The summed E-state index contributed by atoms with van der Waals surface area (Å²) >= 11 is 0. The SMILES string of the molecule is Cc1cnccc1-c1noc(C2CCCN2)n1. The van der Waals surface area contributed by atoms with E-state index in [2.05, 4.69) is 20.4 Å². The van der Waals surface area contributed by atoms with Crippen LogP contribution in [0.25, 0.3) is 11.4 Å². The summed E-state index contributed by atoms with van der Waals surface area (Å²) in [6, 6.07) is 2.13. The van der Waals surface area contributed by atoms with Crippen LogP contribution >= 0.6 is 0 Å². The maximum Gasteiger partial charge on any atom is 0.244 e. The van der Waals surface area contributed by atoms with Crippen molar-refractivity contribution in [3.05, 3.63) is 29.9 Å². The number of rotatable bonds is 2. The highest BCUT2D eigenvalue weighted by Crippen LogP contribution is 2.25. The first kappa shape index (κ1) is 10.4. The molecule has 1 atom stereocenters. The maximum absolute atomic E-state index is 5.31. The van der Waals surface area contributed by atoms with Gasteiger partial charge in [-0.2, -0.15) is 4.98 Å². The van der Waals surface area contributed by atoms with Gasteiger partial charge in [0.05, 0.1) is 6.04 Å². The van der Waals surface area contributed by atoms with Gasteiger partial charge < -0.3 is 9.84 Å². The van der Waals surface area contributed by atoms with Gasteiger partial charge in [-0.1, -0.05) is 5.16 Å². The van der Waals surface area contributed by atoms with E-state index in [1.54, 1.807) is 12.4 Å². The molecule has 0 aromatic carbocycles. The number of pyridine rings is 1. The topological polar surface area (TPSA) is 63.8 Å². The Labute approximate surface area is 99.3 Å². The van der Waals surface area contributed by atoms with Crippen molar-refractivity contribution < 1.29 is 4.52 Å². The lowest BCUT2D eigenvalue weighted by Crippen LogP contribution is -2.12. The molecule has 1 aliphatic rings. The van der Waals surface area contributed by atoms with E-state index < -0.39 is 0 Å². The lowest BCUT2D eigenvalue weighted by Gasteiger charge is -2.01. The summed E-state index contributed by atoms with van der Waals surface area (Å²) in [5.41, 5.74) is 2.03. The molecule has 0 aliphatic carbocycles. The fourth-order valence-electron chi connectivity index (χ4n) is 2.11. The van der Waals surface area contributed by atoms with Crippen LogP contribution in [0.1, 0.15) is 30.3 Å². The summed E-state index contributed by atoms with van der Waals surface area (Å²) < 4.78 is 5.31. The van der Waals surface area contributed by atoms with E-state index in [-0.39, 0.29) is 6.04 Å². The first-order chi connectivity index (χ1) is 8.34. The molecule has 0 bridgehead atoms. The van der Waals surface area contributed by atoms with Gasteiger partial charge >= 0.3 is 0 Å². The monoisotopic (exact) mass is 230 g/mol. The molecule has 1 saturated heterocycles. The fraction of sp³-hybridized carbons (Fsp3) is 0.417. The van der Waals surface area contributed by atoms with Crippen LogP contribution in [0.5, 0.6) is 0 Å². The highest BCUT2D eigenvalue weighted by Gasteiger charge is 2.22. The minimum absolute atomic E-state index is 0.221. The standard InChI is InChI=1S/C12H14N4O/c1-8-7-13-6-4-9(8)11-15-12(17-16-11)10-3-2-5-14-10/h4,6-7,10,14H,2-3,5H2,1H3. The number of nitrogens with one attached hydrogen (secondary N) is 1. The molecule has 88 valence electrons. The molecule has 5 nitrogen and oxygen atoms in total. The van der Waals surface area contributed by atoms with Crippen LogP contribution in [0.2, 0.25) is 0 Å². The molecule has 0 amide bonds. The smallest absolute Gasteiger partial charge is 0.244 e. The second-order valence-electron chi connectivity index (χ2n) is 4.30. The summed E-state index contributed by atoms with van der Waals surface area (Å²) in [6.07, 6.45) is 5.78. The average Bonchev–Trinajstić information content (AvgIpc) is 3.00. The van der Waals surface area contributed by atoms with Gasteiger partial charge in [0.2, 0.25) is 11.7 Å². The molecule has 1 unspecified atom stereocenters. The number of aromatic nitrogens is 3. The molecule has 0 radical (unpaired) electrons. The van der Waals surface area contributed by atoms with E-state index in [1.165, 1.54) is 0 Å². The quantitative estimate of drug-likeness (QED) is 0.853. The van der Waals surface area contributed by atoms with Crippen LogP contribution < -0.4 is 5.32 Å². The third kappa shape index (κ3) is 1.93. The van der Waals surface area contributed by atoms with E-state index >= 15 is 0 Å². The minimum Gasteiger partial charge on any atom is -0.337 e. The highest BCUT2D eigenvalue weighted by atomic mass is 16.5. The molecule has 1 fully saturated rings. The van der Waals surface area contributed by atoms with Crippen molar-refractivity contribution in [1.82, 2.24) is 20.4 Å². The summed E-state index contributed by atoms with van der Waals surface area (Å²) in [6.45, 7) is 3.02. The predicted molar refractivity (Wildman–Crippen MR) is 62.2 cm³/mol. The van der Waals surface area contributed by atoms with Crippen LogP contribution in [0.3, 0.4) is 0 Å². The number of hydrogen-bond donors (Lipinski definition) is 1. The van der Waals surface area contributed by atoms with Gasteiger partial charge in [-0.3, -0.25) is 4.98 Å². The van der Waals surface area contributed by atoms with Gasteiger partial charge in [0, 0.05) is 18.0 Å². The first-order valence-corrected chi connectivity index (χ1v) is 5.82. The summed E-state index contributed by atoms with van der Waals surface area (Å²) in [5.74, 6) is 1.34. The second-order valence-corrected chi connectivity index (χ2v) is 4.30.